The Morgan fingerprint density at radius 1 is 1.43 bits per heavy atom. The Labute approximate surface area is 89.7 Å². The molecule has 82 valence electrons. The molecule has 3 nitrogen and oxygen atoms in total. The van der Waals surface area contributed by atoms with Crippen molar-refractivity contribution in [1.29, 1.82) is 0 Å². The molecule has 0 saturated heterocycles. The average molecular weight is 221 g/mol. The highest BCUT2D eigenvalue weighted by Gasteiger charge is 2.25. The predicted molar refractivity (Wildman–Crippen MR) is 54.3 cm³/mol. The van der Waals surface area contributed by atoms with Gasteiger partial charge in [-0.05, 0) is 32.1 Å². The second kappa shape index (κ2) is 5.44. The number of hydrogen-bond donors (Lipinski definition) is 0. The molecule has 0 aromatic carbocycles. The van der Waals surface area contributed by atoms with Crippen LogP contribution in [0.4, 0.5) is 4.79 Å². The van der Waals surface area contributed by atoms with E-state index in [4.69, 9.17) is 21.1 Å². The van der Waals surface area contributed by atoms with Gasteiger partial charge in [-0.15, -0.1) is 0 Å². The SMILES string of the molecule is CC(Cl)OC(=O)O[C@@H]1CCCC[C@H]1C. The van der Waals surface area contributed by atoms with E-state index in [9.17, 15) is 4.79 Å². The van der Waals surface area contributed by atoms with Crippen LogP contribution in [0.5, 0.6) is 0 Å². The number of ether oxygens (including phenoxy) is 2. The van der Waals surface area contributed by atoms with Gasteiger partial charge in [-0.1, -0.05) is 24.9 Å². The zero-order valence-electron chi connectivity index (χ0n) is 8.66. The second-order valence-corrected chi connectivity index (χ2v) is 4.44. The van der Waals surface area contributed by atoms with E-state index in [-0.39, 0.29) is 6.10 Å². The topological polar surface area (TPSA) is 35.5 Å². The lowest BCUT2D eigenvalue weighted by Crippen LogP contribution is -2.29. The molecule has 0 radical (unpaired) electrons. The molecule has 1 aliphatic rings. The highest BCUT2D eigenvalue weighted by Crippen LogP contribution is 2.26. The van der Waals surface area contributed by atoms with E-state index >= 15 is 0 Å². The Morgan fingerprint density at radius 3 is 2.64 bits per heavy atom. The molecule has 0 aromatic rings. The van der Waals surface area contributed by atoms with Crippen LogP contribution in [0.2, 0.25) is 0 Å². The van der Waals surface area contributed by atoms with Crippen LogP contribution < -0.4 is 0 Å². The molecule has 4 heteroatoms. The largest absolute Gasteiger partial charge is 0.510 e. The molecular weight excluding hydrogens is 204 g/mol. The first-order chi connectivity index (χ1) is 6.59. The minimum atomic E-state index is -0.647. The number of rotatable bonds is 2. The molecule has 0 spiro atoms. The maximum atomic E-state index is 11.1. The Kier molecular flexibility index (Phi) is 4.52. The third-order valence-electron chi connectivity index (χ3n) is 2.54. The van der Waals surface area contributed by atoms with Gasteiger partial charge in [0.05, 0.1) is 0 Å². The highest BCUT2D eigenvalue weighted by molar-refractivity contribution is 6.19. The van der Waals surface area contributed by atoms with Crippen molar-refractivity contribution in [2.45, 2.75) is 51.2 Å². The third-order valence-corrected chi connectivity index (χ3v) is 2.63. The summed E-state index contributed by atoms with van der Waals surface area (Å²) in [5.74, 6) is 0.432. The van der Waals surface area contributed by atoms with Crippen LogP contribution in [0.3, 0.4) is 0 Å². The fraction of sp³-hybridized carbons (Fsp3) is 0.900. The maximum absolute atomic E-state index is 11.1. The summed E-state index contributed by atoms with van der Waals surface area (Å²) < 4.78 is 9.87. The van der Waals surface area contributed by atoms with Gasteiger partial charge in [-0.2, -0.15) is 0 Å². The maximum Gasteiger partial charge on any atom is 0.510 e. The first-order valence-electron chi connectivity index (χ1n) is 5.11. The number of halogens is 1. The van der Waals surface area contributed by atoms with Crippen molar-refractivity contribution >= 4 is 17.8 Å². The minimum Gasteiger partial charge on any atom is -0.431 e. The first kappa shape index (κ1) is 11.6. The van der Waals surface area contributed by atoms with Gasteiger partial charge < -0.3 is 9.47 Å². The van der Waals surface area contributed by atoms with Gasteiger partial charge >= 0.3 is 6.16 Å². The van der Waals surface area contributed by atoms with E-state index in [1.807, 2.05) is 0 Å². The monoisotopic (exact) mass is 220 g/mol. The minimum absolute atomic E-state index is 0.00617. The number of hydrogen-bond acceptors (Lipinski definition) is 3. The van der Waals surface area contributed by atoms with Gasteiger partial charge in [-0.3, -0.25) is 0 Å². The lowest BCUT2D eigenvalue weighted by molar-refractivity contribution is -0.0117. The van der Waals surface area contributed by atoms with Crippen molar-refractivity contribution in [1.82, 2.24) is 0 Å². The highest BCUT2D eigenvalue weighted by atomic mass is 35.5. The molecule has 1 aliphatic carbocycles. The molecule has 1 saturated carbocycles. The Morgan fingerprint density at radius 2 is 2.07 bits per heavy atom. The first-order valence-corrected chi connectivity index (χ1v) is 5.54. The third kappa shape index (κ3) is 3.74. The zero-order valence-corrected chi connectivity index (χ0v) is 9.42. The van der Waals surface area contributed by atoms with Crippen molar-refractivity contribution < 1.29 is 14.3 Å². The van der Waals surface area contributed by atoms with Crippen LogP contribution in [0.15, 0.2) is 0 Å². The quantitative estimate of drug-likeness (QED) is 0.529. The van der Waals surface area contributed by atoms with Gasteiger partial charge in [0.2, 0.25) is 0 Å². The predicted octanol–water partition coefficient (Wildman–Crippen LogP) is 3.30. The standard InChI is InChI=1S/C10H17ClO3/c1-7-5-3-4-6-9(7)14-10(12)13-8(2)11/h7-9H,3-6H2,1-2H3/t7-,8?,9-/m1/s1. The fourth-order valence-corrected chi connectivity index (χ4v) is 1.81. The van der Waals surface area contributed by atoms with Crippen LogP contribution in [-0.2, 0) is 9.47 Å². The molecule has 0 aromatic heterocycles. The zero-order chi connectivity index (χ0) is 10.6. The molecule has 1 unspecified atom stereocenters. The molecule has 0 heterocycles. The van der Waals surface area contributed by atoms with Gasteiger partial charge in [-0.25, -0.2) is 4.79 Å². The number of carbonyl (C=O) groups excluding carboxylic acids is 1. The number of alkyl halides is 1. The van der Waals surface area contributed by atoms with E-state index in [0.29, 0.717) is 5.92 Å². The van der Waals surface area contributed by atoms with E-state index in [0.717, 1.165) is 19.3 Å². The summed E-state index contributed by atoms with van der Waals surface area (Å²) in [6.45, 7) is 3.69. The van der Waals surface area contributed by atoms with E-state index in [1.54, 1.807) is 6.92 Å². The Hall–Kier alpha value is -0.440. The molecule has 3 atom stereocenters. The lowest BCUT2D eigenvalue weighted by atomic mass is 9.88. The second-order valence-electron chi connectivity index (χ2n) is 3.83. The summed E-state index contributed by atoms with van der Waals surface area (Å²) in [5, 5.41) is 0. The summed E-state index contributed by atoms with van der Waals surface area (Å²) in [6, 6.07) is 0. The van der Waals surface area contributed by atoms with Crippen LogP contribution in [-0.4, -0.2) is 17.8 Å². The van der Waals surface area contributed by atoms with Gasteiger partial charge in [0, 0.05) is 0 Å². The molecule has 1 rings (SSSR count). The van der Waals surface area contributed by atoms with E-state index < -0.39 is 11.7 Å². The normalized spacial score (nSPS) is 29.4. The summed E-state index contributed by atoms with van der Waals surface area (Å²) in [5.41, 5.74) is -0.624. The van der Waals surface area contributed by atoms with Crippen LogP contribution in [0.25, 0.3) is 0 Å². The summed E-state index contributed by atoms with van der Waals surface area (Å²) in [6.07, 6.45) is 3.76. The van der Waals surface area contributed by atoms with Crippen LogP contribution >= 0.6 is 11.6 Å². The average Bonchev–Trinajstić information content (AvgIpc) is 2.07. The van der Waals surface area contributed by atoms with Crippen molar-refractivity contribution in [3.8, 4) is 0 Å². The fourth-order valence-electron chi connectivity index (χ4n) is 1.74. The van der Waals surface area contributed by atoms with Crippen LogP contribution in [0.1, 0.15) is 39.5 Å². The van der Waals surface area contributed by atoms with E-state index in [1.165, 1.54) is 6.42 Å². The molecule has 0 amide bonds. The molecule has 0 N–H and O–H groups in total. The van der Waals surface area contributed by atoms with Crippen molar-refractivity contribution in [2.75, 3.05) is 0 Å². The molecular formula is C10H17ClO3. The Bertz CT molecular complexity index is 194. The Balaban J connectivity index is 2.31. The molecule has 1 fully saturated rings. The van der Waals surface area contributed by atoms with Crippen molar-refractivity contribution in [3.63, 3.8) is 0 Å². The smallest absolute Gasteiger partial charge is 0.431 e. The summed E-state index contributed by atoms with van der Waals surface area (Å²) >= 11 is 5.50. The van der Waals surface area contributed by atoms with Crippen LogP contribution in [0, 0.1) is 5.92 Å². The van der Waals surface area contributed by atoms with E-state index in [2.05, 4.69) is 6.92 Å². The van der Waals surface area contributed by atoms with Crippen molar-refractivity contribution in [3.05, 3.63) is 0 Å². The summed E-state index contributed by atoms with van der Waals surface area (Å²) in [7, 11) is 0. The molecule has 0 aliphatic heterocycles. The molecule has 14 heavy (non-hydrogen) atoms. The van der Waals surface area contributed by atoms with Gasteiger partial charge in [0.25, 0.3) is 0 Å². The van der Waals surface area contributed by atoms with Gasteiger partial charge in [0.1, 0.15) is 6.10 Å². The molecule has 0 bridgehead atoms. The van der Waals surface area contributed by atoms with Gasteiger partial charge in [0.15, 0.2) is 5.56 Å². The van der Waals surface area contributed by atoms with Crippen molar-refractivity contribution in [2.24, 2.45) is 5.92 Å². The lowest BCUT2D eigenvalue weighted by Gasteiger charge is -2.27. The number of carbonyl (C=O) groups is 1. The summed E-state index contributed by atoms with van der Waals surface area (Å²) in [4.78, 5) is 11.1.